The van der Waals surface area contributed by atoms with Crippen molar-refractivity contribution in [1.82, 2.24) is 0 Å². The molecule has 35 heavy (non-hydrogen) atoms. The van der Waals surface area contributed by atoms with E-state index in [0.717, 1.165) is 26.2 Å². The zero-order valence-electron chi connectivity index (χ0n) is 22.3. The lowest BCUT2D eigenvalue weighted by Crippen LogP contribution is -2.22. The van der Waals surface area contributed by atoms with Gasteiger partial charge in [-0.25, -0.2) is 0 Å². The van der Waals surface area contributed by atoms with Gasteiger partial charge in [0, 0.05) is 43.5 Å². The number of rotatable bonds is 9. The molecule has 0 heterocycles. The summed E-state index contributed by atoms with van der Waals surface area (Å²) in [6.45, 7) is 17.6. The van der Waals surface area contributed by atoms with Gasteiger partial charge in [-0.15, -0.1) is 0 Å². The Labute approximate surface area is 212 Å². The molecule has 2 nitrogen and oxygen atoms in total. The average Bonchev–Trinajstić information content (AvgIpc) is 2.88. The lowest BCUT2D eigenvalue weighted by molar-refractivity contribution is 0.860. The van der Waals surface area contributed by atoms with Crippen LogP contribution in [0, 0.1) is 13.8 Å². The summed E-state index contributed by atoms with van der Waals surface area (Å²) >= 11 is 0. The van der Waals surface area contributed by atoms with Gasteiger partial charge < -0.3 is 9.80 Å². The second-order valence-electron chi connectivity index (χ2n) is 9.43. The van der Waals surface area contributed by atoms with E-state index in [1.54, 1.807) is 0 Å². The SMILES string of the molecule is CCN(CC)c1ccc(C(c2ccc(N(CC)CC)cc2C)c2cccc3ccccc23)c(C)c1. The van der Waals surface area contributed by atoms with Gasteiger partial charge in [-0.1, -0.05) is 54.6 Å². The van der Waals surface area contributed by atoms with E-state index < -0.39 is 0 Å². The summed E-state index contributed by atoms with van der Waals surface area (Å²) in [5, 5.41) is 2.63. The predicted molar refractivity (Wildman–Crippen MR) is 154 cm³/mol. The molecule has 4 aromatic rings. The standard InChI is InChI=1S/C33H40N2/c1-7-34(8-2)27-18-20-29(24(5)22-27)33(32-17-13-15-26-14-11-12-16-31(26)32)30-21-19-28(23-25(30)6)35(9-3)10-4/h11-23,33H,7-10H2,1-6H3. The molecule has 0 radical (unpaired) electrons. The third-order valence-corrected chi connectivity index (χ3v) is 7.52. The smallest absolute Gasteiger partial charge is 0.0368 e. The van der Waals surface area contributed by atoms with Crippen molar-refractivity contribution in [3.8, 4) is 0 Å². The van der Waals surface area contributed by atoms with E-state index >= 15 is 0 Å². The Bertz CT molecular complexity index is 1210. The monoisotopic (exact) mass is 464 g/mol. The molecule has 0 unspecified atom stereocenters. The Morgan fingerprint density at radius 1 is 0.543 bits per heavy atom. The molecule has 4 rings (SSSR count). The summed E-state index contributed by atoms with van der Waals surface area (Å²) in [6.07, 6.45) is 0. The van der Waals surface area contributed by atoms with E-state index in [4.69, 9.17) is 0 Å². The number of hydrogen-bond donors (Lipinski definition) is 0. The van der Waals surface area contributed by atoms with Crippen molar-refractivity contribution in [3.63, 3.8) is 0 Å². The topological polar surface area (TPSA) is 6.48 Å². The molecule has 0 aliphatic rings. The molecule has 0 N–H and O–H groups in total. The second-order valence-corrected chi connectivity index (χ2v) is 9.43. The molecule has 0 aliphatic carbocycles. The van der Waals surface area contributed by atoms with Crippen LogP contribution in [0.4, 0.5) is 11.4 Å². The van der Waals surface area contributed by atoms with Crippen molar-refractivity contribution in [2.24, 2.45) is 0 Å². The molecule has 0 bridgehead atoms. The highest BCUT2D eigenvalue weighted by molar-refractivity contribution is 5.87. The lowest BCUT2D eigenvalue weighted by Gasteiger charge is -2.28. The Morgan fingerprint density at radius 3 is 1.51 bits per heavy atom. The molecule has 0 aromatic heterocycles. The first-order valence-corrected chi connectivity index (χ1v) is 13.2. The van der Waals surface area contributed by atoms with Crippen molar-refractivity contribution in [2.45, 2.75) is 47.5 Å². The minimum absolute atomic E-state index is 0.178. The highest BCUT2D eigenvalue weighted by Crippen LogP contribution is 2.40. The van der Waals surface area contributed by atoms with Crippen molar-refractivity contribution < 1.29 is 0 Å². The minimum atomic E-state index is 0.178. The number of aryl methyl sites for hydroxylation is 2. The van der Waals surface area contributed by atoms with Gasteiger partial charge in [0.15, 0.2) is 0 Å². The van der Waals surface area contributed by atoms with E-state index in [1.165, 1.54) is 50.0 Å². The van der Waals surface area contributed by atoms with E-state index in [2.05, 4.69) is 130 Å². The largest absolute Gasteiger partial charge is 0.372 e. The van der Waals surface area contributed by atoms with E-state index in [-0.39, 0.29) is 5.92 Å². The summed E-state index contributed by atoms with van der Waals surface area (Å²) in [4.78, 5) is 4.85. The maximum Gasteiger partial charge on any atom is 0.0368 e. The molecule has 2 heteroatoms. The van der Waals surface area contributed by atoms with Crippen LogP contribution in [0.15, 0.2) is 78.9 Å². The van der Waals surface area contributed by atoms with Crippen LogP contribution in [0.5, 0.6) is 0 Å². The van der Waals surface area contributed by atoms with Gasteiger partial charge in [-0.3, -0.25) is 0 Å². The Morgan fingerprint density at radius 2 is 1.03 bits per heavy atom. The van der Waals surface area contributed by atoms with Crippen LogP contribution < -0.4 is 9.80 Å². The molecule has 0 fully saturated rings. The zero-order chi connectivity index (χ0) is 24.9. The van der Waals surface area contributed by atoms with Crippen LogP contribution in [0.3, 0.4) is 0 Å². The fourth-order valence-electron chi connectivity index (χ4n) is 5.54. The molecule has 0 saturated carbocycles. The maximum atomic E-state index is 2.42. The number of fused-ring (bicyclic) bond motifs is 1. The molecule has 0 atom stereocenters. The Hall–Kier alpha value is -3.26. The Balaban J connectivity index is 1.93. The highest BCUT2D eigenvalue weighted by atomic mass is 15.1. The van der Waals surface area contributed by atoms with Crippen LogP contribution in [0.2, 0.25) is 0 Å². The zero-order valence-corrected chi connectivity index (χ0v) is 22.3. The summed E-state index contributed by atoms with van der Waals surface area (Å²) in [6, 6.07) is 29.7. The number of nitrogens with zero attached hydrogens (tertiary/aromatic N) is 2. The van der Waals surface area contributed by atoms with Crippen molar-refractivity contribution in [1.29, 1.82) is 0 Å². The van der Waals surface area contributed by atoms with E-state index in [1.807, 2.05) is 0 Å². The molecular formula is C33H40N2. The van der Waals surface area contributed by atoms with Gasteiger partial charge in [0.05, 0.1) is 0 Å². The molecule has 182 valence electrons. The van der Waals surface area contributed by atoms with Crippen LogP contribution in [0.25, 0.3) is 10.8 Å². The van der Waals surface area contributed by atoms with Crippen molar-refractivity contribution in [2.75, 3.05) is 36.0 Å². The maximum absolute atomic E-state index is 2.42. The summed E-state index contributed by atoms with van der Waals surface area (Å²) in [5.74, 6) is 0.178. The Kier molecular flexibility index (Phi) is 7.80. The summed E-state index contributed by atoms with van der Waals surface area (Å²) in [5.41, 5.74) is 9.45. The van der Waals surface area contributed by atoms with E-state index in [9.17, 15) is 0 Å². The molecule has 0 amide bonds. The van der Waals surface area contributed by atoms with Crippen molar-refractivity contribution >= 4 is 22.1 Å². The molecule has 0 aliphatic heterocycles. The van der Waals surface area contributed by atoms with Gasteiger partial charge in [-0.05, 0) is 104 Å². The normalized spacial score (nSPS) is 11.3. The first-order valence-electron chi connectivity index (χ1n) is 13.2. The first-order chi connectivity index (χ1) is 17.0. The third-order valence-electron chi connectivity index (χ3n) is 7.52. The average molecular weight is 465 g/mol. The van der Waals surface area contributed by atoms with E-state index in [0.29, 0.717) is 0 Å². The van der Waals surface area contributed by atoms with Gasteiger partial charge >= 0.3 is 0 Å². The third kappa shape index (κ3) is 4.93. The van der Waals surface area contributed by atoms with Gasteiger partial charge in [0.25, 0.3) is 0 Å². The number of benzene rings is 4. The predicted octanol–water partition coefficient (Wildman–Crippen LogP) is 8.33. The van der Waals surface area contributed by atoms with Crippen LogP contribution in [0.1, 0.15) is 61.4 Å². The first kappa shape index (κ1) is 24.9. The molecule has 0 saturated heterocycles. The molecule has 4 aromatic carbocycles. The summed E-state index contributed by atoms with van der Waals surface area (Å²) < 4.78 is 0. The van der Waals surface area contributed by atoms with Crippen LogP contribution in [-0.2, 0) is 0 Å². The quantitative estimate of drug-likeness (QED) is 0.230. The molecular weight excluding hydrogens is 424 g/mol. The second kappa shape index (κ2) is 11.0. The summed E-state index contributed by atoms with van der Waals surface area (Å²) in [7, 11) is 0. The number of anilines is 2. The minimum Gasteiger partial charge on any atom is -0.372 e. The van der Waals surface area contributed by atoms with Gasteiger partial charge in [0.1, 0.15) is 0 Å². The lowest BCUT2D eigenvalue weighted by atomic mass is 9.79. The van der Waals surface area contributed by atoms with Crippen LogP contribution in [-0.4, -0.2) is 26.2 Å². The van der Waals surface area contributed by atoms with Gasteiger partial charge in [-0.2, -0.15) is 0 Å². The van der Waals surface area contributed by atoms with Gasteiger partial charge in [0.2, 0.25) is 0 Å². The fourth-order valence-corrected chi connectivity index (χ4v) is 5.54. The highest BCUT2D eigenvalue weighted by Gasteiger charge is 2.23. The van der Waals surface area contributed by atoms with Crippen molar-refractivity contribution in [3.05, 3.63) is 107 Å². The molecule has 0 spiro atoms. The van der Waals surface area contributed by atoms with Crippen LogP contribution >= 0.6 is 0 Å². The number of hydrogen-bond acceptors (Lipinski definition) is 2. The fraction of sp³-hybridized carbons (Fsp3) is 0.333.